The summed E-state index contributed by atoms with van der Waals surface area (Å²) >= 11 is 0. The molecule has 1 heterocycles. The van der Waals surface area contributed by atoms with Gasteiger partial charge < -0.3 is 4.74 Å². The van der Waals surface area contributed by atoms with Gasteiger partial charge in [-0.25, -0.2) is 9.59 Å². The van der Waals surface area contributed by atoms with Crippen molar-refractivity contribution in [1.29, 1.82) is 0 Å². The first-order valence-corrected chi connectivity index (χ1v) is 4.92. The molecular weight excluding hydrogens is 192 g/mol. The quantitative estimate of drug-likeness (QED) is 0.521. The lowest BCUT2D eigenvalue weighted by Crippen LogP contribution is -2.02. The van der Waals surface area contributed by atoms with Crippen molar-refractivity contribution in [3.63, 3.8) is 0 Å². The van der Waals surface area contributed by atoms with E-state index in [0.717, 1.165) is 11.1 Å². The van der Waals surface area contributed by atoms with Crippen LogP contribution in [-0.4, -0.2) is 11.9 Å². The largest absolute Gasteiger partial charge is 0.386 e. The molecule has 1 aromatic rings. The summed E-state index contributed by atoms with van der Waals surface area (Å²) in [6.07, 6.45) is 0. The minimum atomic E-state index is -0.519. The SMILES string of the molecule is Cc1ccc(C(C)C)c2c1C(=O)OC2=O. The Morgan fingerprint density at radius 3 is 2.27 bits per heavy atom. The maximum atomic E-state index is 11.5. The second-order valence-corrected chi connectivity index (χ2v) is 4.05. The summed E-state index contributed by atoms with van der Waals surface area (Å²) in [5.41, 5.74) is 2.57. The molecule has 0 unspecified atom stereocenters. The van der Waals surface area contributed by atoms with Gasteiger partial charge in [-0.2, -0.15) is 0 Å². The minimum absolute atomic E-state index is 0.206. The topological polar surface area (TPSA) is 43.4 Å². The van der Waals surface area contributed by atoms with E-state index in [1.165, 1.54) is 0 Å². The first-order chi connectivity index (χ1) is 7.02. The predicted molar refractivity (Wildman–Crippen MR) is 55.0 cm³/mol. The third kappa shape index (κ3) is 1.35. The van der Waals surface area contributed by atoms with Crippen LogP contribution in [0, 0.1) is 6.92 Å². The molecule has 0 radical (unpaired) electrons. The van der Waals surface area contributed by atoms with Gasteiger partial charge in [0.15, 0.2) is 0 Å². The summed E-state index contributed by atoms with van der Waals surface area (Å²) in [5.74, 6) is -0.824. The Bertz CT molecular complexity index is 458. The molecule has 1 aliphatic rings. The highest BCUT2D eigenvalue weighted by atomic mass is 16.6. The molecule has 1 aliphatic heterocycles. The number of esters is 2. The molecule has 0 N–H and O–H groups in total. The number of ether oxygens (including phenoxy) is 1. The standard InChI is InChI=1S/C12H12O3/c1-6(2)8-5-4-7(3)9-10(8)12(14)15-11(9)13/h4-6H,1-3H3. The van der Waals surface area contributed by atoms with Crippen molar-refractivity contribution in [2.75, 3.05) is 0 Å². The number of rotatable bonds is 1. The van der Waals surface area contributed by atoms with Crippen molar-refractivity contribution in [3.8, 4) is 0 Å². The van der Waals surface area contributed by atoms with Crippen LogP contribution in [0.15, 0.2) is 12.1 Å². The van der Waals surface area contributed by atoms with Crippen molar-refractivity contribution in [2.45, 2.75) is 26.7 Å². The molecule has 0 bridgehead atoms. The maximum Gasteiger partial charge on any atom is 0.347 e. The Labute approximate surface area is 88.1 Å². The molecule has 2 rings (SSSR count). The molecule has 0 amide bonds. The van der Waals surface area contributed by atoms with Crippen LogP contribution in [0.5, 0.6) is 0 Å². The van der Waals surface area contributed by atoms with Gasteiger partial charge in [-0.15, -0.1) is 0 Å². The van der Waals surface area contributed by atoms with Crippen molar-refractivity contribution in [2.24, 2.45) is 0 Å². The summed E-state index contributed by atoms with van der Waals surface area (Å²) in [7, 11) is 0. The molecule has 0 saturated heterocycles. The third-order valence-corrected chi connectivity index (χ3v) is 2.66. The Morgan fingerprint density at radius 2 is 1.67 bits per heavy atom. The van der Waals surface area contributed by atoms with Gasteiger partial charge >= 0.3 is 11.9 Å². The number of hydrogen-bond acceptors (Lipinski definition) is 3. The molecular formula is C12H12O3. The minimum Gasteiger partial charge on any atom is -0.386 e. The second-order valence-electron chi connectivity index (χ2n) is 4.05. The van der Waals surface area contributed by atoms with E-state index in [-0.39, 0.29) is 5.92 Å². The zero-order valence-electron chi connectivity index (χ0n) is 8.96. The zero-order chi connectivity index (χ0) is 11.2. The summed E-state index contributed by atoms with van der Waals surface area (Å²) in [5, 5.41) is 0. The Kier molecular flexibility index (Phi) is 2.11. The van der Waals surface area contributed by atoms with Gasteiger partial charge in [-0.3, -0.25) is 0 Å². The highest BCUT2D eigenvalue weighted by molar-refractivity contribution is 6.16. The van der Waals surface area contributed by atoms with Gasteiger partial charge in [0, 0.05) is 0 Å². The van der Waals surface area contributed by atoms with E-state index in [9.17, 15) is 9.59 Å². The molecule has 1 aromatic carbocycles. The summed E-state index contributed by atoms with van der Waals surface area (Å²) in [4.78, 5) is 22.9. The first-order valence-electron chi connectivity index (χ1n) is 4.92. The van der Waals surface area contributed by atoms with Crippen LogP contribution in [0.3, 0.4) is 0 Å². The lowest BCUT2D eigenvalue weighted by Gasteiger charge is -2.09. The molecule has 3 heteroatoms. The fourth-order valence-electron chi connectivity index (χ4n) is 1.87. The molecule has 15 heavy (non-hydrogen) atoms. The molecule has 0 spiro atoms. The van der Waals surface area contributed by atoms with Crippen molar-refractivity contribution in [1.82, 2.24) is 0 Å². The molecule has 3 nitrogen and oxygen atoms in total. The number of cyclic esters (lactones) is 2. The van der Waals surface area contributed by atoms with Crippen LogP contribution in [-0.2, 0) is 4.74 Å². The monoisotopic (exact) mass is 204 g/mol. The number of carbonyl (C=O) groups excluding carboxylic acids is 2. The molecule has 0 aliphatic carbocycles. The summed E-state index contributed by atoms with van der Waals surface area (Å²) in [6, 6.07) is 3.74. The van der Waals surface area contributed by atoms with Crippen molar-refractivity contribution in [3.05, 3.63) is 34.4 Å². The van der Waals surface area contributed by atoms with Crippen LogP contribution in [0.25, 0.3) is 0 Å². The van der Waals surface area contributed by atoms with E-state index in [1.807, 2.05) is 32.9 Å². The average molecular weight is 204 g/mol. The summed E-state index contributed by atoms with van der Waals surface area (Å²) in [6.45, 7) is 5.78. The van der Waals surface area contributed by atoms with Crippen LogP contribution < -0.4 is 0 Å². The second kappa shape index (κ2) is 3.19. The van der Waals surface area contributed by atoms with E-state index < -0.39 is 11.9 Å². The number of aryl methyl sites for hydroxylation is 1. The highest BCUT2D eigenvalue weighted by Gasteiger charge is 2.34. The van der Waals surface area contributed by atoms with E-state index >= 15 is 0 Å². The van der Waals surface area contributed by atoms with E-state index in [0.29, 0.717) is 11.1 Å². The van der Waals surface area contributed by atoms with Gasteiger partial charge in [0.05, 0.1) is 11.1 Å². The number of hydrogen-bond donors (Lipinski definition) is 0. The van der Waals surface area contributed by atoms with E-state index in [4.69, 9.17) is 0 Å². The molecule has 78 valence electrons. The Balaban J connectivity index is 2.75. The lowest BCUT2D eigenvalue weighted by atomic mass is 9.92. The number of fused-ring (bicyclic) bond motifs is 1. The van der Waals surface area contributed by atoms with Gasteiger partial charge in [-0.1, -0.05) is 26.0 Å². The molecule has 0 atom stereocenters. The van der Waals surface area contributed by atoms with Crippen molar-refractivity contribution >= 4 is 11.9 Å². The average Bonchev–Trinajstić information content (AvgIpc) is 2.43. The van der Waals surface area contributed by atoms with Gasteiger partial charge in [0.1, 0.15) is 0 Å². The highest BCUT2D eigenvalue weighted by Crippen LogP contribution is 2.30. The van der Waals surface area contributed by atoms with E-state index in [2.05, 4.69) is 4.74 Å². The van der Waals surface area contributed by atoms with Gasteiger partial charge in [-0.05, 0) is 24.0 Å². The van der Waals surface area contributed by atoms with Crippen LogP contribution in [0.1, 0.15) is 51.6 Å². The fraction of sp³-hybridized carbons (Fsp3) is 0.333. The molecule has 0 fully saturated rings. The Morgan fingerprint density at radius 1 is 1.07 bits per heavy atom. The van der Waals surface area contributed by atoms with Gasteiger partial charge in [0.25, 0.3) is 0 Å². The zero-order valence-corrected chi connectivity index (χ0v) is 8.96. The number of benzene rings is 1. The van der Waals surface area contributed by atoms with Crippen LogP contribution >= 0.6 is 0 Å². The molecule has 0 saturated carbocycles. The van der Waals surface area contributed by atoms with Crippen LogP contribution in [0.2, 0.25) is 0 Å². The number of carbonyl (C=O) groups is 2. The first kappa shape index (κ1) is 9.90. The maximum absolute atomic E-state index is 11.5. The predicted octanol–water partition coefficient (Wildman–Crippen LogP) is 2.43. The van der Waals surface area contributed by atoms with E-state index in [1.54, 1.807) is 0 Å². The van der Waals surface area contributed by atoms with Crippen LogP contribution in [0.4, 0.5) is 0 Å². The summed E-state index contributed by atoms with van der Waals surface area (Å²) < 4.78 is 4.63. The van der Waals surface area contributed by atoms with Gasteiger partial charge in [0.2, 0.25) is 0 Å². The lowest BCUT2D eigenvalue weighted by molar-refractivity contribution is 0.0443. The normalized spacial score (nSPS) is 14.4. The Hall–Kier alpha value is -1.64. The van der Waals surface area contributed by atoms with Crippen molar-refractivity contribution < 1.29 is 14.3 Å². The third-order valence-electron chi connectivity index (χ3n) is 2.66. The smallest absolute Gasteiger partial charge is 0.347 e. The molecule has 0 aromatic heterocycles. The fourth-order valence-corrected chi connectivity index (χ4v) is 1.87.